The topological polar surface area (TPSA) is 46.5 Å². The van der Waals surface area contributed by atoms with Gasteiger partial charge in [0, 0.05) is 0 Å². The van der Waals surface area contributed by atoms with E-state index in [2.05, 4.69) is 0 Å². The number of hydrogen-bond donors (Lipinski definition) is 1. The molecule has 0 aliphatic carbocycles. The normalized spacial score (nSPS) is 11.2. The number of benzene rings is 2. The summed E-state index contributed by atoms with van der Waals surface area (Å²) in [6, 6.07) is 7.63. The number of ether oxygens (including phenoxy) is 1. The Kier molecular flexibility index (Phi) is 3.88. The number of hydrogen-bond acceptors (Lipinski definition) is 3. The molecule has 0 saturated heterocycles. The van der Waals surface area contributed by atoms with Crippen LogP contribution >= 0.6 is 0 Å². The molecule has 0 spiro atoms. The summed E-state index contributed by atoms with van der Waals surface area (Å²) in [4.78, 5) is 10.8. The minimum Gasteiger partial charge on any atom is -0.507 e. The van der Waals surface area contributed by atoms with Crippen molar-refractivity contribution in [3.63, 3.8) is 0 Å². The van der Waals surface area contributed by atoms with Gasteiger partial charge in [0.25, 0.3) is 0 Å². The van der Waals surface area contributed by atoms with Crippen molar-refractivity contribution in [3.05, 3.63) is 47.5 Å². The maximum atomic E-state index is 13.0. The lowest BCUT2D eigenvalue weighted by molar-refractivity contribution is -0.138. The predicted octanol–water partition coefficient (Wildman–Crippen LogP) is 3.90. The van der Waals surface area contributed by atoms with Crippen molar-refractivity contribution in [2.75, 3.05) is 7.11 Å². The van der Waals surface area contributed by atoms with Crippen LogP contribution in [0.25, 0.3) is 11.1 Å². The van der Waals surface area contributed by atoms with Gasteiger partial charge in [-0.25, -0.2) is 0 Å². The average molecular weight is 296 g/mol. The zero-order valence-electron chi connectivity index (χ0n) is 10.9. The molecule has 0 amide bonds. The molecule has 0 bridgehead atoms. The number of halogens is 3. The molecule has 21 heavy (non-hydrogen) atoms. The second-order valence-electron chi connectivity index (χ2n) is 4.30. The van der Waals surface area contributed by atoms with E-state index in [9.17, 15) is 23.1 Å². The van der Waals surface area contributed by atoms with Gasteiger partial charge in [-0.05, 0) is 35.4 Å². The van der Waals surface area contributed by atoms with E-state index in [0.717, 1.165) is 13.2 Å². The molecule has 2 rings (SSSR count). The highest BCUT2D eigenvalue weighted by Crippen LogP contribution is 2.39. The summed E-state index contributed by atoms with van der Waals surface area (Å²) < 4.78 is 43.6. The first-order valence-electron chi connectivity index (χ1n) is 5.90. The Labute approximate surface area is 118 Å². The van der Waals surface area contributed by atoms with Crippen molar-refractivity contribution >= 4 is 6.29 Å². The fourth-order valence-electron chi connectivity index (χ4n) is 1.94. The van der Waals surface area contributed by atoms with Gasteiger partial charge in [0.05, 0.1) is 18.2 Å². The monoisotopic (exact) mass is 296 g/mol. The summed E-state index contributed by atoms with van der Waals surface area (Å²) in [6.45, 7) is 0. The van der Waals surface area contributed by atoms with Crippen molar-refractivity contribution in [1.29, 1.82) is 0 Å². The quantitative estimate of drug-likeness (QED) is 0.874. The SMILES string of the molecule is COc1ccc(-c2ccc(O)c(C=O)c2)cc1C(F)(F)F. The van der Waals surface area contributed by atoms with Crippen LogP contribution in [0.3, 0.4) is 0 Å². The fraction of sp³-hybridized carbons (Fsp3) is 0.133. The van der Waals surface area contributed by atoms with Gasteiger partial charge < -0.3 is 9.84 Å². The van der Waals surface area contributed by atoms with Gasteiger partial charge in [0.15, 0.2) is 6.29 Å². The number of aromatic hydroxyl groups is 1. The van der Waals surface area contributed by atoms with E-state index < -0.39 is 11.7 Å². The number of methoxy groups -OCH3 is 1. The van der Waals surface area contributed by atoms with Crippen molar-refractivity contribution in [2.45, 2.75) is 6.18 Å². The Morgan fingerprint density at radius 2 is 1.71 bits per heavy atom. The number of phenols is 1. The van der Waals surface area contributed by atoms with Gasteiger partial charge in [-0.3, -0.25) is 4.79 Å². The van der Waals surface area contributed by atoms with Crippen LogP contribution in [0.5, 0.6) is 11.5 Å². The second-order valence-corrected chi connectivity index (χ2v) is 4.30. The summed E-state index contributed by atoms with van der Waals surface area (Å²) in [5, 5.41) is 9.42. The first kappa shape index (κ1) is 14.9. The first-order chi connectivity index (χ1) is 9.86. The number of carbonyl (C=O) groups excluding carboxylic acids is 1. The van der Waals surface area contributed by atoms with Gasteiger partial charge in [0.1, 0.15) is 11.5 Å². The second kappa shape index (κ2) is 5.47. The Morgan fingerprint density at radius 3 is 2.29 bits per heavy atom. The first-order valence-corrected chi connectivity index (χ1v) is 5.90. The number of carbonyl (C=O) groups is 1. The summed E-state index contributed by atoms with van der Waals surface area (Å²) in [5.74, 6) is -0.501. The van der Waals surface area contributed by atoms with Gasteiger partial charge in [-0.15, -0.1) is 0 Å². The average Bonchev–Trinajstić information content (AvgIpc) is 2.46. The van der Waals surface area contributed by atoms with Crippen LogP contribution < -0.4 is 4.74 Å². The van der Waals surface area contributed by atoms with Crippen LogP contribution in [0.2, 0.25) is 0 Å². The molecule has 0 heterocycles. The smallest absolute Gasteiger partial charge is 0.419 e. The number of alkyl halides is 3. The van der Waals surface area contributed by atoms with Gasteiger partial charge in [-0.2, -0.15) is 13.2 Å². The van der Waals surface area contributed by atoms with Gasteiger partial charge >= 0.3 is 6.18 Å². The number of phenolic OH excluding ortho intramolecular Hbond substituents is 1. The van der Waals surface area contributed by atoms with Crippen LogP contribution in [0.1, 0.15) is 15.9 Å². The number of aldehydes is 1. The van der Waals surface area contributed by atoms with E-state index in [0.29, 0.717) is 11.8 Å². The maximum Gasteiger partial charge on any atom is 0.419 e. The molecule has 0 unspecified atom stereocenters. The Bertz CT molecular complexity index is 678. The molecule has 0 saturated carbocycles. The van der Waals surface area contributed by atoms with E-state index >= 15 is 0 Å². The third kappa shape index (κ3) is 2.99. The Balaban J connectivity index is 2.57. The van der Waals surface area contributed by atoms with Crippen molar-refractivity contribution in [1.82, 2.24) is 0 Å². The molecule has 0 aliphatic rings. The van der Waals surface area contributed by atoms with E-state index in [-0.39, 0.29) is 22.6 Å². The molecule has 0 atom stereocenters. The molecule has 110 valence electrons. The molecule has 2 aromatic carbocycles. The predicted molar refractivity (Wildman–Crippen MR) is 70.5 cm³/mol. The minimum atomic E-state index is -4.55. The molecule has 0 radical (unpaired) electrons. The number of rotatable bonds is 3. The summed E-state index contributed by atoms with van der Waals surface area (Å²) in [6.07, 6.45) is -4.11. The standard InChI is InChI=1S/C15H11F3O3/c1-21-14-5-3-10(7-12(14)15(16,17)18)9-2-4-13(20)11(6-9)8-19/h2-8,20H,1H3. The Hall–Kier alpha value is -2.50. The molecule has 1 N–H and O–H groups in total. The molecule has 2 aromatic rings. The van der Waals surface area contributed by atoms with Crippen molar-refractivity contribution in [2.24, 2.45) is 0 Å². The van der Waals surface area contributed by atoms with Crippen LogP contribution in [-0.4, -0.2) is 18.5 Å². The maximum absolute atomic E-state index is 13.0. The van der Waals surface area contributed by atoms with Gasteiger partial charge in [0.2, 0.25) is 0 Å². The minimum absolute atomic E-state index is 0.0110. The van der Waals surface area contributed by atoms with E-state index in [4.69, 9.17) is 4.74 Å². The summed E-state index contributed by atoms with van der Waals surface area (Å²) in [7, 11) is 1.16. The van der Waals surface area contributed by atoms with Crippen LogP contribution in [0, 0.1) is 0 Å². The third-order valence-corrected chi connectivity index (χ3v) is 2.99. The summed E-state index contributed by atoms with van der Waals surface area (Å²) >= 11 is 0. The van der Waals surface area contributed by atoms with Crippen LogP contribution in [-0.2, 0) is 6.18 Å². The lowest BCUT2D eigenvalue weighted by Crippen LogP contribution is -2.07. The lowest BCUT2D eigenvalue weighted by atomic mass is 10.00. The van der Waals surface area contributed by atoms with E-state index in [1.165, 1.54) is 30.3 Å². The highest BCUT2D eigenvalue weighted by atomic mass is 19.4. The fourth-order valence-corrected chi connectivity index (χ4v) is 1.94. The van der Waals surface area contributed by atoms with E-state index in [1.54, 1.807) is 0 Å². The van der Waals surface area contributed by atoms with Crippen LogP contribution in [0.15, 0.2) is 36.4 Å². The highest BCUT2D eigenvalue weighted by molar-refractivity contribution is 5.83. The largest absolute Gasteiger partial charge is 0.507 e. The molecule has 0 aromatic heterocycles. The lowest BCUT2D eigenvalue weighted by Gasteiger charge is -2.14. The molecular formula is C15H11F3O3. The van der Waals surface area contributed by atoms with Crippen LogP contribution in [0.4, 0.5) is 13.2 Å². The van der Waals surface area contributed by atoms with Crippen molar-refractivity contribution < 1.29 is 27.8 Å². The van der Waals surface area contributed by atoms with Crippen molar-refractivity contribution in [3.8, 4) is 22.6 Å². The van der Waals surface area contributed by atoms with Gasteiger partial charge in [-0.1, -0.05) is 12.1 Å². The molecular weight excluding hydrogens is 285 g/mol. The zero-order chi connectivity index (χ0) is 15.6. The highest BCUT2D eigenvalue weighted by Gasteiger charge is 2.34. The molecule has 3 nitrogen and oxygen atoms in total. The van der Waals surface area contributed by atoms with E-state index in [1.807, 2.05) is 0 Å². The molecule has 0 aliphatic heterocycles. The third-order valence-electron chi connectivity index (χ3n) is 2.99. The molecule has 0 fully saturated rings. The zero-order valence-corrected chi connectivity index (χ0v) is 10.9. The Morgan fingerprint density at radius 1 is 1.10 bits per heavy atom. The molecule has 6 heteroatoms. The summed E-state index contributed by atoms with van der Waals surface area (Å²) in [5.41, 5.74) is -0.227.